The third-order valence-corrected chi connectivity index (χ3v) is 3.18. The lowest BCUT2D eigenvalue weighted by Crippen LogP contribution is -2.24. The summed E-state index contributed by atoms with van der Waals surface area (Å²) < 4.78 is 4.75. The van der Waals surface area contributed by atoms with Gasteiger partial charge in [-0.15, -0.1) is 0 Å². The molecule has 3 heteroatoms. The van der Waals surface area contributed by atoms with Gasteiger partial charge in [-0.3, -0.25) is 4.79 Å². The minimum Gasteiger partial charge on any atom is -0.469 e. The fourth-order valence-electron chi connectivity index (χ4n) is 2.20. The Morgan fingerprint density at radius 2 is 2.00 bits per heavy atom. The molecule has 0 aromatic rings. The maximum Gasteiger partial charge on any atom is 0.308 e. The zero-order valence-corrected chi connectivity index (χ0v) is 9.21. The van der Waals surface area contributed by atoms with E-state index in [0.29, 0.717) is 0 Å². The van der Waals surface area contributed by atoms with E-state index in [2.05, 4.69) is 5.32 Å². The molecule has 1 aliphatic rings. The van der Waals surface area contributed by atoms with Gasteiger partial charge in [-0.1, -0.05) is 0 Å². The second kappa shape index (κ2) is 6.02. The molecule has 82 valence electrons. The predicted octanol–water partition coefficient (Wildman–Crippen LogP) is 1.58. The van der Waals surface area contributed by atoms with E-state index in [1.54, 1.807) is 0 Å². The molecular formula is C11H21NO2. The summed E-state index contributed by atoms with van der Waals surface area (Å²) in [5.74, 6) is 0.964. The van der Waals surface area contributed by atoms with Gasteiger partial charge in [0.2, 0.25) is 0 Å². The molecular weight excluding hydrogens is 178 g/mol. The van der Waals surface area contributed by atoms with E-state index in [1.807, 2.05) is 7.05 Å². The number of carbonyl (C=O) groups excluding carboxylic acids is 1. The second-order valence-corrected chi connectivity index (χ2v) is 4.13. The maximum absolute atomic E-state index is 11.3. The predicted molar refractivity (Wildman–Crippen MR) is 56.0 cm³/mol. The molecule has 1 aliphatic carbocycles. The molecule has 3 nitrogen and oxygen atoms in total. The molecule has 0 aromatic heterocycles. The highest BCUT2D eigenvalue weighted by atomic mass is 16.5. The Balaban J connectivity index is 2.20. The summed E-state index contributed by atoms with van der Waals surface area (Å²) >= 11 is 0. The van der Waals surface area contributed by atoms with Crippen molar-refractivity contribution in [3.63, 3.8) is 0 Å². The monoisotopic (exact) mass is 199 g/mol. The summed E-state index contributed by atoms with van der Waals surface area (Å²) in [6.45, 7) is 1.09. The highest BCUT2D eigenvalue weighted by Crippen LogP contribution is 2.31. The van der Waals surface area contributed by atoms with Gasteiger partial charge in [-0.2, -0.15) is 0 Å². The standard InChI is InChI=1S/C11H21NO2/c1-12-8-7-9-3-5-10(6-4-9)11(13)14-2/h9-10,12H,3-8H2,1-2H3. The number of esters is 1. The third-order valence-electron chi connectivity index (χ3n) is 3.18. The van der Waals surface area contributed by atoms with Crippen molar-refractivity contribution < 1.29 is 9.53 Å². The van der Waals surface area contributed by atoms with Crippen molar-refractivity contribution >= 4 is 5.97 Å². The van der Waals surface area contributed by atoms with Crippen LogP contribution >= 0.6 is 0 Å². The van der Waals surface area contributed by atoms with E-state index in [1.165, 1.54) is 26.4 Å². The Labute approximate surface area is 86.2 Å². The van der Waals surface area contributed by atoms with Crippen LogP contribution in [0.25, 0.3) is 0 Å². The highest BCUT2D eigenvalue weighted by molar-refractivity contribution is 5.72. The first kappa shape index (κ1) is 11.5. The Morgan fingerprint density at radius 3 is 2.50 bits per heavy atom. The molecule has 1 N–H and O–H groups in total. The smallest absolute Gasteiger partial charge is 0.308 e. The quantitative estimate of drug-likeness (QED) is 0.698. The molecule has 1 fully saturated rings. The summed E-state index contributed by atoms with van der Waals surface area (Å²) in [4.78, 5) is 11.3. The number of hydrogen-bond acceptors (Lipinski definition) is 3. The summed E-state index contributed by atoms with van der Waals surface area (Å²) in [6, 6.07) is 0. The van der Waals surface area contributed by atoms with Gasteiger partial charge >= 0.3 is 5.97 Å². The molecule has 0 radical (unpaired) electrons. The first-order chi connectivity index (χ1) is 6.77. The van der Waals surface area contributed by atoms with Crippen LogP contribution in [-0.2, 0) is 9.53 Å². The van der Waals surface area contributed by atoms with Crippen molar-refractivity contribution in [3.05, 3.63) is 0 Å². The molecule has 0 spiro atoms. The van der Waals surface area contributed by atoms with Crippen LogP contribution < -0.4 is 5.32 Å². The van der Waals surface area contributed by atoms with E-state index in [0.717, 1.165) is 25.3 Å². The maximum atomic E-state index is 11.3. The van der Waals surface area contributed by atoms with E-state index >= 15 is 0 Å². The van der Waals surface area contributed by atoms with Crippen molar-refractivity contribution in [1.82, 2.24) is 5.32 Å². The number of methoxy groups -OCH3 is 1. The van der Waals surface area contributed by atoms with Crippen LogP contribution in [0.15, 0.2) is 0 Å². The van der Waals surface area contributed by atoms with Crippen molar-refractivity contribution in [3.8, 4) is 0 Å². The summed E-state index contributed by atoms with van der Waals surface area (Å²) in [5, 5.41) is 3.17. The number of carbonyl (C=O) groups is 1. The Hall–Kier alpha value is -0.570. The minimum atomic E-state index is -0.0166. The van der Waals surface area contributed by atoms with Gasteiger partial charge in [0, 0.05) is 0 Å². The highest BCUT2D eigenvalue weighted by Gasteiger charge is 2.26. The Bertz CT molecular complexity index is 174. The normalized spacial score (nSPS) is 27.3. The molecule has 0 heterocycles. The summed E-state index contributed by atoms with van der Waals surface area (Å²) in [7, 11) is 3.47. The number of rotatable bonds is 4. The van der Waals surface area contributed by atoms with Crippen LogP contribution in [0.2, 0.25) is 0 Å². The minimum absolute atomic E-state index is 0.0166. The second-order valence-electron chi connectivity index (χ2n) is 4.13. The largest absolute Gasteiger partial charge is 0.469 e. The molecule has 0 aliphatic heterocycles. The summed E-state index contributed by atoms with van der Waals surface area (Å²) in [5.41, 5.74) is 0. The van der Waals surface area contributed by atoms with E-state index in [4.69, 9.17) is 4.74 Å². The van der Waals surface area contributed by atoms with Crippen molar-refractivity contribution in [2.45, 2.75) is 32.1 Å². The number of ether oxygens (including phenoxy) is 1. The molecule has 0 amide bonds. The number of nitrogens with one attached hydrogen (secondary N) is 1. The van der Waals surface area contributed by atoms with E-state index in [9.17, 15) is 4.79 Å². The Morgan fingerprint density at radius 1 is 1.36 bits per heavy atom. The van der Waals surface area contributed by atoms with Gasteiger partial charge in [0.05, 0.1) is 13.0 Å². The average molecular weight is 199 g/mol. The van der Waals surface area contributed by atoms with Crippen molar-refractivity contribution in [2.75, 3.05) is 20.7 Å². The van der Waals surface area contributed by atoms with Crippen LogP contribution in [0.4, 0.5) is 0 Å². The summed E-state index contributed by atoms with van der Waals surface area (Å²) in [6.07, 6.45) is 5.63. The number of hydrogen-bond donors (Lipinski definition) is 1. The molecule has 14 heavy (non-hydrogen) atoms. The van der Waals surface area contributed by atoms with Crippen LogP contribution in [0.1, 0.15) is 32.1 Å². The van der Waals surface area contributed by atoms with E-state index < -0.39 is 0 Å². The first-order valence-corrected chi connectivity index (χ1v) is 5.50. The molecule has 0 aromatic carbocycles. The zero-order valence-electron chi connectivity index (χ0n) is 9.21. The fraction of sp³-hybridized carbons (Fsp3) is 0.909. The van der Waals surface area contributed by atoms with Gasteiger partial charge in [0.25, 0.3) is 0 Å². The SMILES string of the molecule is CNCCC1CCC(C(=O)OC)CC1. The third kappa shape index (κ3) is 3.29. The van der Waals surface area contributed by atoms with Crippen LogP contribution in [0.5, 0.6) is 0 Å². The van der Waals surface area contributed by atoms with Crippen LogP contribution in [0.3, 0.4) is 0 Å². The van der Waals surface area contributed by atoms with E-state index in [-0.39, 0.29) is 11.9 Å². The van der Waals surface area contributed by atoms with Gasteiger partial charge in [-0.05, 0) is 51.6 Å². The lowest BCUT2D eigenvalue weighted by atomic mass is 9.80. The Kier molecular flexibility index (Phi) is 4.94. The van der Waals surface area contributed by atoms with Crippen molar-refractivity contribution in [1.29, 1.82) is 0 Å². The molecule has 0 bridgehead atoms. The molecule has 1 rings (SSSR count). The average Bonchev–Trinajstić information content (AvgIpc) is 2.26. The zero-order chi connectivity index (χ0) is 10.4. The van der Waals surface area contributed by atoms with Crippen LogP contribution in [-0.4, -0.2) is 26.7 Å². The molecule has 0 atom stereocenters. The van der Waals surface area contributed by atoms with Gasteiger partial charge < -0.3 is 10.1 Å². The topological polar surface area (TPSA) is 38.3 Å². The molecule has 0 unspecified atom stereocenters. The molecule has 0 saturated heterocycles. The fourth-order valence-corrected chi connectivity index (χ4v) is 2.20. The lowest BCUT2D eigenvalue weighted by Gasteiger charge is -2.26. The van der Waals surface area contributed by atoms with Crippen molar-refractivity contribution in [2.24, 2.45) is 11.8 Å². The van der Waals surface area contributed by atoms with Gasteiger partial charge in [0.15, 0.2) is 0 Å². The van der Waals surface area contributed by atoms with Crippen LogP contribution in [0, 0.1) is 11.8 Å². The molecule has 1 saturated carbocycles. The first-order valence-electron chi connectivity index (χ1n) is 5.50. The van der Waals surface area contributed by atoms with Gasteiger partial charge in [0.1, 0.15) is 0 Å². The lowest BCUT2D eigenvalue weighted by molar-refractivity contribution is -0.146. The van der Waals surface area contributed by atoms with Gasteiger partial charge in [-0.25, -0.2) is 0 Å².